The van der Waals surface area contributed by atoms with Crippen LogP contribution in [0.15, 0.2) is 0 Å². The third-order valence-corrected chi connectivity index (χ3v) is 2.40. The number of thioether (sulfide) groups is 1. The molecule has 4 nitrogen and oxygen atoms in total. The quantitative estimate of drug-likeness (QED) is 0.539. The van der Waals surface area contributed by atoms with Gasteiger partial charge in [0.25, 0.3) is 0 Å². The van der Waals surface area contributed by atoms with Gasteiger partial charge < -0.3 is 9.47 Å². The number of hydrogen-bond donors (Lipinski definition) is 0. The van der Waals surface area contributed by atoms with Gasteiger partial charge in [-0.15, -0.1) is 0 Å². The Morgan fingerprint density at radius 3 is 2.29 bits per heavy atom. The molecule has 0 N–H and O–H groups in total. The molecular weight excluding hydrogens is 224 g/mol. The summed E-state index contributed by atoms with van der Waals surface area (Å²) in [6.07, 6.45) is 0. The molecule has 14 heavy (non-hydrogen) atoms. The van der Waals surface area contributed by atoms with Gasteiger partial charge in [-0.1, -0.05) is 24.0 Å². The van der Waals surface area contributed by atoms with Crippen molar-refractivity contribution in [3.05, 3.63) is 0 Å². The van der Waals surface area contributed by atoms with Gasteiger partial charge in [0.05, 0.1) is 19.0 Å². The molecule has 0 aliphatic rings. The second-order valence-electron chi connectivity index (χ2n) is 2.10. The first kappa shape index (κ1) is 13.4. The van der Waals surface area contributed by atoms with Crippen LogP contribution in [0.4, 0.5) is 0 Å². The van der Waals surface area contributed by atoms with Crippen LogP contribution in [0.2, 0.25) is 0 Å². The van der Waals surface area contributed by atoms with Crippen molar-refractivity contribution in [1.29, 1.82) is 0 Å². The van der Waals surface area contributed by atoms with Crippen molar-refractivity contribution in [2.45, 2.75) is 13.8 Å². The average molecular weight is 236 g/mol. The predicted octanol–water partition coefficient (Wildman–Crippen LogP) is 1.17. The van der Waals surface area contributed by atoms with E-state index in [1.165, 1.54) is 0 Å². The largest absolute Gasteiger partial charge is 0.465 e. The van der Waals surface area contributed by atoms with Gasteiger partial charge in [0.15, 0.2) is 4.20 Å². The van der Waals surface area contributed by atoms with E-state index in [4.69, 9.17) is 12.2 Å². The van der Waals surface area contributed by atoms with Crippen molar-refractivity contribution in [2.24, 2.45) is 0 Å². The molecule has 0 aromatic rings. The third kappa shape index (κ3) is 5.93. The molecule has 0 aromatic carbocycles. The molecule has 0 spiro atoms. The summed E-state index contributed by atoms with van der Waals surface area (Å²) in [6.45, 7) is 4.01. The molecule has 0 unspecified atom stereocenters. The summed E-state index contributed by atoms with van der Waals surface area (Å²) < 4.78 is 9.36. The van der Waals surface area contributed by atoms with Crippen LogP contribution in [0.5, 0.6) is 0 Å². The lowest BCUT2D eigenvalue weighted by Crippen LogP contribution is -2.15. The highest BCUT2D eigenvalue weighted by Gasteiger charge is 2.13. The highest BCUT2D eigenvalue weighted by atomic mass is 32.2. The smallest absolute Gasteiger partial charge is 0.355 e. The number of esters is 2. The zero-order chi connectivity index (χ0) is 11.0. The number of carbonyl (C=O) groups excluding carboxylic acids is 2. The number of rotatable bonds is 4. The Kier molecular flexibility index (Phi) is 7.41. The molecule has 0 fully saturated rings. The standard InChI is InChI=1S/C8H12O4S2/c1-3-11-6(9)5-14-8(13)7(10)12-4-2/h3-5H2,1-2H3. The molecule has 80 valence electrons. The fourth-order valence-corrected chi connectivity index (χ4v) is 1.32. The van der Waals surface area contributed by atoms with E-state index in [-0.39, 0.29) is 22.5 Å². The summed E-state index contributed by atoms with van der Waals surface area (Å²) in [7, 11) is 0. The van der Waals surface area contributed by atoms with E-state index in [1.54, 1.807) is 13.8 Å². The molecule has 0 aliphatic carbocycles. The molecule has 0 saturated heterocycles. The van der Waals surface area contributed by atoms with Gasteiger partial charge in [-0.05, 0) is 13.8 Å². The summed E-state index contributed by atoms with van der Waals surface area (Å²) >= 11 is 5.68. The molecule has 0 bridgehead atoms. The van der Waals surface area contributed by atoms with Gasteiger partial charge in [0.1, 0.15) is 0 Å². The number of hydrogen-bond acceptors (Lipinski definition) is 6. The molecule has 6 heteroatoms. The number of carbonyl (C=O) groups is 2. The number of ether oxygens (including phenoxy) is 2. The molecule has 0 heterocycles. The predicted molar refractivity (Wildman–Crippen MR) is 58.3 cm³/mol. The summed E-state index contributed by atoms with van der Waals surface area (Å²) in [5.41, 5.74) is 0. The molecule has 0 aliphatic heterocycles. The Morgan fingerprint density at radius 1 is 1.21 bits per heavy atom. The van der Waals surface area contributed by atoms with Gasteiger partial charge >= 0.3 is 11.9 Å². The Hall–Kier alpha value is -0.620. The fourth-order valence-electron chi connectivity index (χ4n) is 0.576. The highest BCUT2D eigenvalue weighted by Crippen LogP contribution is 2.06. The monoisotopic (exact) mass is 236 g/mol. The minimum absolute atomic E-state index is 0.0471. The molecule has 0 amide bonds. The van der Waals surface area contributed by atoms with Crippen LogP contribution in [0.3, 0.4) is 0 Å². The molecule has 0 aromatic heterocycles. The first-order valence-corrected chi connectivity index (χ1v) is 5.50. The molecule has 0 radical (unpaired) electrons. The summed E-state index contributed by atoms with van der Waals surface area (Å²) in [6, 6.07) is 0. The number of thiocarbonyl (C=S) groups is 1. The van der Waals surface area contributed by atoms with Crippen molar-refractivity contribution in [3.8, 4) is 0 Å². The third-order valence-electron chi connectivity index (χ3n) is 1.07. The van der Waals surface area contributed by atoms with Crippen LogP contribution in [0.1, 0.15) is 13.8 Å². The Balaban J connectivity index is 3.73. The van der Waals surface area contributed by atoms with Gasteiger partial charge in [0.2, 0.25) is 0 Å². The zero-order valence-corrected chi connectivity index (χ0v) is 9.70. The van der Waals surface area contributed by atoms with Gasteiger partial charge in [-0.25, -0.2) is 4.79 Å². The average Bonchev–Trinajstić information content (AvgIpc) is 2.15. The SMILES string of the molecule is CCOC(=O)CSC(=S)C(=O)OCC. The first-order chi connectivity index (χ1) is 6.61. The van der Waals surface area contributed by atoms with E-state index in [9.17, 15) is 9.59 Å². The maximum Gasteiger partial charge on any atom is 0.355 e. The normalized spacial score (nSPS) is 9.29. The van der Waals surface area contributed by atoms with Crippen molar-refractivity contribution in [1.82, 2.24) is 0 Å². The van der Waals surface area contributed by atoms with Crippen LogP contribution in [-0.2, 0) is 19.1 Å². The second kappa shape index (κ2) is 7.75. The minimum Gasteiger partial charge on any atom is -0.465 e. The van der Waals surface area contributed by atoms with Crippen molar-refractivity contribution in [3.63, 3.8) is 0 Å². The lowest BCUT2D eigenvalue weighted by atomic mass is 10.7. The van der Waals surface area contributed by atoms with Crippen LogP contribution in [-0.4, -0.2) is 35.1 Å². The van der Waals surface area contributed by atoms with E-state index < -0.39 is 5.97 Å². The summed E-state index contributed by atoms with van der Waals surface area (Å²) in [4.78, 5) is 21.9. The molecule has 0 rings (SSSR count). The lowest BCUT2D eigenvalue weighted by molar-refractivity contribution is -0.139. The summed E-state index contributed by atoms with van der Waals surface area (Å²) in [5, 5.41) is 0. The van der Waals surface area contributed by atoms with E-state index >= 15 is 0 Å². The van der Waals surface area contributed by atoms with E-state index in [1.807, 2.05) is 0 Å². The fraction of sp³-hybridized carbons (Fsp3) is 0.625. The van der Waals surface area contributed by atoms with Crippen LogP contribution in [0, 0.1) is 0 Å². The maximum absolute atomic E-state index is 11.0. The maximum atomic E-state index is 11.0. The van der Waals surface area contributed by atoms with Crippen LogP contribution >= 0.6 is 24.0 Å². The Bertz CT molecular complexity index is 227. The molecule has 0 atom stereocenters. The first-order valence-electron chi connectivity index (χ1n) is 4.11. The van der Waals surface area contributed by atoms with E-state index in [0.29, 0.717) is 6.61 Å². The lowest BCUT2D eigenvalue weighted by Gasteiger charge is -2.02. The van der Waals surface area contributed by atoms with Gasteiger partial charge in [-0.2, -0.15) is 0 Å². The topological polar surface area (TPSA) is 52.6 Å². The molecule has 0 saturated carbocycles. The van der Waals surface area contributed by atoms with Crippen LogP contribution < -0.4 is 0 Å². The minimum atomic E-state index is -0.559. The Morgan fingerprint density at radius 2 is 1.79 bits per heavy atom. The Labute approximate surface area is 92.3 Å². The molecular formula is C8H12O4S2. The summed E-state index contributed by atoms with van der Waals surface area (Å²) in [5.74, 6) is -0.896. The van der Waals surface area contributed by atoms with Crippen molar-refractivity contribution >= 4 is 40.1 Å². The zero-order valence-electron chi connectivity index (χ0n) is 8.07. The van der Waals surface area contributed by atoms with Crippen molar-refractivity contribution < 1.29 is 19.1 Å². The van der Waals surface area contributed by atoms with Gasteiger partial charge in [0, 0.05) is 0 Å². The van der Waals surface area contributed by atoms with Gasteiger partial charge in [-0.3, -0.25) is 4.79 Å². The van der Waals surface area contributed by atoms with Crippen LogP contribution in [0.25, 0.3) is 0 Å². The van der Waals surface area contributed by atoms with Crippen molar-refractivity contribution in [2.75, 3.05) is 19.0 Å². The second-order valence-corrected chi connectivity index (χ2v) is 3.75. The highest BCUT2D eigenvalue weighted by molar-refractivity contribution is 8.25. The van der Waals surface area contributed by atoms with E-state index in [0.717, 1.165) is 11.8 Å². The van der Waals surface area contributed by atoms with E-state index in [2.05, 4.69) is 9.47 Å².